The van der Waals surface area contributed by atoms with Crippen LogP contribution in [0.25, 0.3) is 0 Å². The number of ether oxygens (including phenoxy) is 1. The first kappa shape index (κ1) is 24.9. The Labute approximate surface area is 191 Å². The summed E-state index contributed by atoms with van der Waals surface area (Å²) in [5, 5.41) is 2.56. The summed E-state index contributed by atoms with van der Waals surface area (Å²) in [7, 11) is -3.22. The Kier molecular flexibility index (Phi) is 7.25. The number of carbonyl (C=O) groups is 3. The predicted molar refractivity (Wildman–Crippen MR) is 114 cm³/mol. The molecule has 0 bridgehead atoms. The van der Waals surface area contributed by atoms with Gasteiger partial charge in [0.25, 0.3) is 5.91 Å². The van der Waals surface area contributed by atoms with Gasteiger partial charge in [-0.15, -0.1) is 0 Å². The number of halogens is 2. The molecular weight excluding hydrogens is 460 g/mol. The molecule has 12 heteroatoms. The number of benzene rings is 1. The van der Waals surface area contributed by atoms with Gasteiger partial charge >= 0.3 is 12.6 Å². The molecule has 0 aliphatic carbocycles. The number of urea groups is 1. The van der Waals surface area contributed by atoms with Gasteiger partial charge in [-0.3, -0.25) is 14.5 Å². The van der Waals surface area contributed by atoms with Gasteiger partial charge < -0.3 is 15.0 Å². The number of imide groups is 1. The number of hydrogen-bond acceptors (Lipinski definition) is 6. The van der Waals surface area contributed by atoms with Crippen LogP contribution in [0.4, 0.5) is 13.6 Å². The molecule has 4 amide bonds. The van der Waals surface area contributed by atoms with Crippen molar-refractivity contribution in [2.24, 2.45) is 0 Å². The minimum Gasteiger partial charge on any atom is -0.435 e. The van der Waals surface area contributed by atoms with Crippen LogP contribution in [0.5, 0.6) is 5.75 Å². The molecule has 2 fully saturated rings. The monoisotopic (exact) mass is 487 g/mol. The fourth-order valence-electron chi connectivity index (χ4n) is 4.09. The van der Waals surface area contributed by atoms with Gasteiger partial charge in [0.15, 0.2) is 9.84 Å². The molecule has 2 aliphatic heterocycles. The smallest absolute Gasteiger partial charge is 0.387 e. The average molecular weight is 488 g/mol. The zero-order chi connectivity index (χ0) is 24.4. The van der Waals surface area contributed by atoms with Crippen LogP contribution in [0, 0.1) is 0 Å². The first-order chi connectivity index (χ1) is 15.5. The third-order valence-corrected chi connectivity index (χ3v) is 7.70. The Morgan fingerprint density at radius 3 is 2.52 bits per heavy atom. The lowest BCUT2D eigenvalue weighted by atomic mass is 9.92. The van der Waals surface area contributed by atoms with Crippen molar-refractivity contribution in [2.75, 3.05) is 24.6 Å². The van der Waals surface area contributed by atoms with E-state index in [-0.39, 0.29) is 17.3 Å². The summed E-state index contributed by atoms with van der Waals surface area (Å²) in [6.07, 6.45) is 1.77. The molecule has 1 aromatic carbocycles. The highest BCUT2D eigenvalue weighted by molar-refractivity contribution is 7.91. The second kappa shape index (κ2) is 9.62. The first-order valence-electron chi connectivity index (χ1n) is 10.7. The highest BCUT2D eigenvalue weighted by atomic mass is 32.2. The molecule has 2 heterocycles. The molecule has 0 spiro atoms. The van der Waals surface area contributed by atoms with Gasteiger partial charge in [-0.05, 0) is 37.5 Å². The van der Waals surface area contributed by atoms with E-state index in [0.717, 1.165) is 11.3 Å². The number of nitrogens with zero attached hydrogens (tertiary/aromatic N) is 2. The SMILES string of the molecule is CCCCN(C(=O)CN1C(=O)NC(C)(c2ccc(OC(F)F)cc2)C1=O)C1CCS(=O)(=O)C1. The zero-order valence-corrected chi connectivity index (χ0v) is 19.2. The molecule has 3 rings (SSSR count). The topological polar surface area (TPSA) is 113 Å². The molecule has 0 saturated carbocycles. The predicted octanol–water partition coefficient (Wildman–Crippen LogP) is 1.87. The van der Waals surface area contributed by atoms with Crippen molar-refractivity contribution in [3.63, 3.8) is 0 Å². The Bertz CT molecular complexity index is 1020. The van der Waals surface area contributed by atoms with E-state index in [0.29, 0.717) is 24.9 Å². The summed E-state index contributed by atoms with van der Waals surface area (Å²) in [6.45, 7) is 0.217. The lowest BCUT2D eigenvalue weighted by Crippen LogP contribution is -2.48. The van der Waals surface area contributed by atoms with Gasteiger partial charge in [-0.1, -0.05) is 25.5 Å². The minimum atomic E-state index is -3.22. The number of unbranched alkanes of at least 4 members (excludes halogenated alkanes) is 1. The molecule has 0 aromatic heterocycles. The fraction of sp³-hybridized carbons (Fsp3) is 0.571. The van der Waals surface area contributed by atoms with Crippen LogP contribution in [0.2, 0.25) is 0 Å². The van der Waals surface area contributed by atoms with E-state index in [1.54, 1.807) is 0 Å². The molecule has 2 unspecified atom stereocenters. The third-order valence-electron chi connectivity index (χ3n) is 5.95. The van der Waals surface area contributed by atoms with Gasteiger partial charge in [0.1, 0.15) is 17.8 Å². The number of amides is 4. The molecule has 2 aliphatic rings. The molecule has 1 aromatic rings. The van der Waals surface area contributed by atoms with E-state index in [9.17, 15) is 31.6 Å². The van der Waals surface area contributed by atoms with E-state index < -0.39 is 52.4 Å². The molecule has 182 valence electrons. The Hall–Kier alpha value is -2.76. The summed E-state index contributed by atoms with van der Waals surface area (Å²) >= 11 is 0. The Morgan fingerprint density at radius 1 is 1.30 bits per heavy atom. The van der Waals surface area contributed by atoms with Crippen LogP contribution in [-0.4, -0.2) is 73.3 Å². The van der Waals surface area contributed by atoms with Crippen molar-refractivity contribution in [2.45, 2.75) is 51.3 Å². The second-order valence-corrected chi connectivity index (χ2v) is 10.6. The summed E-state index contributed by atoms with van der Waals surface area (Å²) in [6, 6.07) is 4.04. The van der Waals surface area contributed by atoms with Crippen molar-refractivity contribution in [3.05, 3.63) is 29.8 Å². The maximum absolute atomic E-state index is 13.1. The Morgan fingerprint density at radius 2 is 1.97 bits per heavy atom. The van der Waals surface area contributed by atoms with E-state index in [2.05, 4.69) is 10.1 Å². The first-order valence-corrected chi connectivity index (χ1v) is 12.5. The molecule has 9 nitrogen and oxygen atoms in total. The quantitative estimate of drug-likeness (QED) is 0.532. The fourth-order valence-corrected chi connectivity index (χ4v) is 5.82. The second-order valence-electron chi connectivity index (χ2n) is 8.35. The normalized spacial score (nSPS) is 24.3. The van der Waals surface area contributed by atoms with Crippen molar-refractivity contribution in [1.29, 1.82) is 0 Å². The lowest BCUT2D eigenvalue weighted by Gasteiger charge is -2.29. The van der Waals surface area contributed by atoms with Crippen molar-refractivity contribution < 1.29 is 36.3 Å². The highest BCUT2D eigenvalue weighted by Crippen LogP contribution is 2.30. The van der Waals surface area contributed by atoms with E-state index >= 15 is 0 Å². The number of sulfone groups is 1. The number of alkyl halides is 2. The standard InChI is InChI=1S/C21H27F2N3O6S/c1-3-4-10-25(15-9-11-33(30,31)13-15)17(27)12-26-18(28)21(2,24-20(26)29)14-5-7-16(8-6-14)32-19(22)23/h5-8,15,19H,3-4,9-13H2,1-2H3,(H,24,29). The van der Waals surface area contributed by atoms with Crippen molar-refractivity contribution >= 4 is 27.7 Å². The maximum atomic E-state index is 13.1. The summed E-state index contributed by atoms with van der Waals surface area (Å²) in [5.41, 5.74) is -1.16. The van der Waals surface area contributed by atoms with E-state index in [4.69, 9.17) is 0 Å². The van der Waals surface area contributed by atoms with Crippen LogP contribution in [0.3, 0.4) is 0 Å². The number of hydrogen-bond donors (Lipinski definition) is 1. The maximum Gasteiger partial charge on any atom is 0.387 e. The summed E-state index contributed by atoms with van der Waals surface area (Å²) < 4.78 is 52.8. The third kappa shape index (κ3) is 5.43. The zero-order valence-electron chi connectivity index (χ0n) is 18.4. The molecule has 1 N–H and O–H groups in total. The van der Waals surface area contributed by atoms with Gasteiger partial charge in [0, 0.05) is 12.6 Å². The van der Waals surface area contributed by atoms with Crippen LogP contribution in [-0.2, 0) is 25.0 Å². The minimum absolute atomic E-state index is 0.0000422. The van der Waals surface area contributed by atoms with Crippen molar-refractivity contribution in [1.82, 2.24) is 15.1 Å². The van der Waals surface area contributed by atoms with Gasteiger partial charge in [0.2, 0.25) is 5.91 Å². The number of carbonyl (C=O) groups excluding carboxylic acids is 3. The molecule has 2 saturated heterocycles. The Balaban J connectivity index is 1.75. The number of rotatable bonds is 9. The summed E-state index contributed by atoms with van der Waals surface area (Å²) in [5.74, 6) is -1.40. The molecule has 0 radical (unpaired) electrons. The molecule has 2 atom stereocenters. The van der Waals surface area contributed by atoms with Gasteiger partial charge in [-0.25, -0.2) is 13.2 Å². The van der Waals surface area contributed by atoms with Crippen LogP contribution >= 0.6 is 0 Å². The van der Waals surface area contributed by atoms with Crippen LogP contribution in [0.15, 0.2) is 24.3 Å². The number of nitrogens with one attached hydrogen (secondary N) is 1. The van der Waals surface area contributed by atoms with E-state index in [1.807, 2.05) is 6.92 Å². The van der Waals surface area contributed by atoms with Crippen molar-refractivity contribution in [3.8, 4) is 5.75 Å². The lowest BCUT2D eigenvalue weighted by molar-refractivity contribution is -0.140. The largest absolute Gasteiger partial charge is 0.435 e. The average Bonchev–Trinajstić information content (AvgIpc) is 3.20. The molecular formula is C21H27F2N3O6S. The van der Waals surface area contributed by atoms with E-state index in [1.165, 1.54) is 36.1 Å². The summed E-state index contributed by atoms with van der Waals surface area (Å²) in [4.78, 5) is 41.0. The van der Waals surface area contributed by atoms with Crippen LogP contribution in [0.1, 0.15) is 38.7 Å². The van der Waals surface area contributed by atoms with Crippen LogP contribution < -0.4 is 10.1 Å². The van der Waals surface area contributed by atoms with Gasteiger partial charge in [0.05, 0.1) is 11.5 Å². The molecule has 33 heavy (non-hydrogen) atoms. The highest BCUT2D eigenvalue weighted by Gasteiger charge is 2.50. The van der Waals surface area contributed by atoms with Gasteiger partial charge in [-0.2, -0.15) is 8.78 Å².